The molecule has 0 saturated carbocycles. The number of amides is 1. The molecule has 0 N–H and O–H groups in total. The minimum atomic E-state index is -0.705. The molecule has 25 heavy (non-hydrogen) atoms. The van der Waals surface area contributed by atoms with E-state index in [1.807, 2.05) is 13.8 Å². The molecule has 2 atom stereocenters. The van der Waals surface area contributed by atoms with Crippen molar-refractivity contribution in [3.63, 3.8) is 0 Å². The van der Waals surface area contributed by atoms with Gasteiger partial charge in [0.15, 0.2) is 6.61 Å². The number of benzene rings is 1. The number of carbonyl (C=O) groups is 2. The Morgan fingerprint density at radius 3 is 2.56 bits per heavy atom. The van der Waals surface area contributed by atoms with Gasteiger partial charge in [0.1, 0.15) is 0 Å². The lowest BCUT2D eigenvalue weighted by atomic mass is 9.97. The number of rotatable bonds is 5. The molecule has 1 aromatic carbocycles. The Morgan fingerprint density at radius 2 is 1.92 bits per heavy atom. The van der Waals surface area contributed by atoms with Crippen molar-refractivity contribution in [2.24, 2.45) is 0 Å². The number of ether oxygens (including phenoxy) is 1. The molecule has 1 heterocycles. The van der Waals surface area contributed by atoms with Crippen molar-refractivity contribution in [1.29, 1.82) is 0 Å². The van der Waals surface area contributed by atoms with Crippen LogP contribution in [0.2, 0.25) is 0 Å². The van der Waals surface area contributed by atoms with Gasteiger partial charge in [0.25, 0.3) is 11.6 Å². The molecule has 1 fully saturated rings. The maximum atomic E-state index is 12.3. The van der Waals surface area contributed by atoms with Crippen LogP contribution in [0.1, 0.15) is 38.7 Å². The maximum absolute atomic E-state index is 12.3. The summed E-state index contributed by atoms with van der Waals surface area (Å²) in [5.41, 5.74) is 0.202. The smallest absolute Gasteiger partial charge is 0.331 e. The zero-order chi connectivity index (χ0) is 18.4. The normalized spacial score (nSPS) is 20.5. The number of nitro groups is 1. The van der Waals surface area contributed by atoms with Crippen LogP contribution in [0.5, 0.6) is 0 Å². The van der Waals surface area contributed by atoms with E-state index >= 15 is 0 Å². The molecule has 1 amide bonds. The largest absolute Gasteiger partial charge is 0.452 e. The predicted molar refractivity (Wildman–Crippen MR) is 92.7 cm³/mol. The number of hydrogen-bond acceptors (Lipinski definition) is 5. The molecule has 1 saturated heterocycles. The average molecular weight is 346 g/mol. The number of para-hydroxylation sites is 1. The SMILES string of the molecule is C[C@@H]1CCC[C@H](C)N1C(=O)COC(=O)/C=C/c1ccccc1[N+](=O)[O-]. The van der Waals surface area contributed by atoms with Crippen LogP contribution >= 0.6 is 0 Å². The van der Waals surface area contributed by atoms with Crippen LogP contribution in [0.25, 0.3) is 6.08 Å². The summed E-state index contributed by atoms with van der Waals surface area (Å²) < 4.78 is 4.99. The summed E-state index contributed by atoms with van der Waals surface area (Å²) in [6, 6.07) is 6.35. The monoisotopic (exact) mass is 346 g/mol. The number of piperidine rings is 1. The third-order valence-corrected chi connectivity index (χ3v) is 4.35. The first kappa shape index (κ1) is 18.6. The van der Waals surface area contributed by atoms with Crippen molar-refractivity contribution in [3.05, 3.63) is 46.0 Å². The Bertz CT molecular complexity index is 676. The molecule has 1 aromatic rings. The quantitative estimate of drug-likeness (QED) is 0.354. The minimum absolute atomic E-state index is 0.0985. The van der Waals surface area contributed by atoms with Crippen molar-refractivity contribution in [2.45, 2.75) is 45.2 Å². The standard InChI is InChI=1S/C18H22N2O5/c1-13-6-5-7-14(2)19(13)17(21)12-25-18(22)11-10-15-8-3-4-9-16(15)20(23)24/h3-4,8-11,13-14H,5-7,12H2,1-2H3/b11-10+/t13-,14+. The molecule has 7 nitrogen and oxygen atoms in total. The summed E-state index contributed by atoms with van der Waals surface area (Å²) in [5, 5.41) is 10.9. The number of carbonyl (C=O) groups excluding carboxylic acids is 2. The van der Waals surface area contributed by atoms with Gasteiger partial charge in [0.2, 0.25) is 0 Å². The van der Waals surface area contributed by atoms with Crippen LogP contribution in [-0.4, -0.2) is 40.4 Å². The summed E-state index contributed by atoms with van der Waals surface area (Å²) >= 11 is 0. The van der Waals surface area contributed by atoms with E-state index in [0.717, 1.165) is 25.3 Å². The first-order chi connectivity index (χ1) is 11.9. The summed E-state index contributed by atoms with van der Waals surface area (Å²) in [6.07, 6.45) is 5.39. The summed E-state index contributed by atoms with van der Waals surface area (Å²) in [5.74, 6) is -0.920. The molecule has 7 heteroatoms. The predicted octanol–water partition coefficient (Wildman–Crippen LogP) is 2.94. The molecule has 1 aliphatic rings. The second-order valence-electron chi connectivity index (χ2n) is 6.19. The lowest BCUT2D eigenvalue weighted by Crippen LogP contribution is -2.49. The molecular weight excluding hydrogens is 324 g/mol. The fourth-order valence-electron chi connectivity index (χ4n) is 3.12. The molecule has 0 unspecified atom stereocenters. The molecule has 0 spiro atoms. The highest BCUT2D eigenvalue weighted by atomic mass is 16.6. The van der Waals surface area contributed by atoms with E-state index in [-0.39, 0.29) is 30.3 Å². The minimum Gasteiger partial charge on any atom is -0.452 e. The van der Waals surface area contributed by atoms with Gasteiger partial charge in [-0.3, -0.25) is 14.9 Å². The van der Waals surface area contributed by atoms with E-state index in [1.165, 1.54) is 18.2 Å². The Morgan fingerprint density at radius 1 is 1.28 bits per heavy atom. The third kappa shape index (κ3) is 4.89. The number of hydrogen-bond donors (Lipinski definition) is 0. The van der Waals surface area contributed by atoms with Crippen LogP contribution in [0, 0.1) is 10.1 Å². The van der Waals surface area contributed by atoms with E-state index in [2.05, 4.69) is 0 Å². The van der Waals surface area contributed by atoms with Gasteiger partial charge in [-0.2, -0.15) is 0 Å². The van der Waals surface area contributed by atoms with Gasteiger partial charge < -0.3 is 9.64 Å². The van der Waals surface area contributed by atoms with Crippen LogP contribution < -0.4 is 0 Å². The molecule has 0 aromatic heterocycles. The van der Waals surface area contributed by atoms with Crippen LogP contribution in [0.15, 0.2) is 30.3 Å². The fourth-order valence-corrected chi connectivity index (χ4v) is 3.12. The Balaban J connectivity index is 1.92. The van der Waals surface area contributed by atoms with Gasteiger partial charge in [-0.15, -0.1) is 0 Å². The molecule has 0 radical (unpaired) electrons. The van der Waals surface area contributed by atoms with Crippen LogP contribution in [0.4, 0.5) is 5.69 Å². The number of nitro benzene ring substituents is 1. The van der Waals surface area contributed by atoms with E-state index in [9.17, 15) is 19.7 Å². The van der Waals surface area contributed by atoms with Crippen molar-refractivity contribution < 1.29 is 19.2 Å². The van der Waals surface area contributed by atoms with Gasteiger partial charge >= 0.3 is 5.97 Å². The maximum Gasteiger partial charge on any atom is 0.331 e. The number of esters is 1. The molecule has 134 valence electrons. The van der Waals surface area contributed by atoms with Crippen molar-refractivity contribution in [2.75, 3.05) is 6.61 Å². The van der Waals surface area contributed by atoms with Gasteiger partial charge in [-0.05, 0) is 45.3 Å². The molecule has 2 rings (SSSR count). The van der Waals surface area contributed by atoms with E-state index < -0.39 is 10.9 Å². The van der Waals surface area contributed by atoms with Gasteiger partial charge in [0, 0.05) is 24.2 Å². The lowest BCUT2D eigenvalue weighted by Gasteiger charge is -2.38. The zero-order valence-corrected chi connectivity index (χ0v) is 14.4. The summed E-state index contributed by atoms with van der Waals surface area (Å²) in [7, 11) is 0. The lowest BCUT2D eigenvalue weighted by molar-refractivity contribution is -0.385. The average Bonchev–Trinajstić information content (AvgIpc) is 2.58. The zero-order valence-electron chi connectivity index (χ0n) is 14.4. The number of nitrogens with zero attached hydrogens (tertiary/aromatic N) is 2. The highest BCUT2D eigenvalue weighted by Crippen LogP contribution is 2.22. The van der Waals surface area contributed by atoms with Crippen molar-refractivity contribution in [3.8, 4) is 0 Å². The first-order valence-electron chi connectivity index (χ1n) is 8.29. The summed E-state index contributed by atoms with van der Waals surface area (Å²) in [4.78, 5) is 36.2. The Hall–Kier alpha value is -2.70. The summed E-state index contributed by atoms with van der Waals surface area (Å²) in [6.45, 7) is 3.66. The molecular formula is C18H22N2O5. The molecule has 1 aliphatic heterocycles. The van der Waals surface area contributed by atoms with Crippen LogP contribution in [-0.2, 0) is 14.3 Å². The van der Waals surface area contributed by atoms with E-state index in [1.54, 1.807) is 17.0 Å². The highest BCUT2D eigenvalue weighted by Gasteiger charge is 2.29. The van der Waals surface area contributed by atoms with Gasteiger partial charge in [0.05, 0.1) is 10.5 Å². The van der Waals surface area contributed by atoms with Crippen molar-refractivity contribution >= 4 is 23.6 Å². The number of likely N-dealkylation sites (tertiary alicyclic amines) is 1. The van der Waals surface area contributed by atoms with E-state index in [4.69, 9.17) is 4.74 Å². The second kappa shape index (κ2) is 8.41. The molecule has 0 bridgehead atoms. The van der Waals surface area contributed by atoms with Gasteiger partial charge in [-0.1, -0.05) is 12.1 Å². The van der Waals surface area contributed by atoms with Crippen LogP contribution in [0.3, 0.4) is 0 Å². The van der Waals surface area contributed by atoms with Crippen molar-refractivity contribution in [1.82, 2.24) is 4.90 Å². The topological polar surface area (TPSA) is 89.8 Å². The van der Waals surface area contributed by atoms with E-state index in [0.29, 0.717) is 5.56 Å². The Labute approximate surface area is 146 Å². The Kier molecular flexibility index (Phi) is 6.27. The highest BCUT2D eigenvalue weighted by molar-refractivity contribution is 5.90. The molecule has 0 aliphatic carbocycles. The van der Waals surface area contributed by atoms with Gasteiger partial charge in [-0.25, -0.2) is 4.79 Å². The fraction of sp³-hybridized carbons (Fsp3) is 0.444. The second-order valence-corrected chi connectivity index (χ2v) is 6.19. The first-order valence-corrected chi connectivity index (χ1v) is 8.29. The third-order valence-electron chi connectivity index (χ3n) is 4.35.